The van der Waals surface area contributed by atoms with Crippen LogP contribution in [-0.2, 0) is 0 Å². The van der Waals surface area contributed by atoms with E-state index in [1.165, 1.54) is 12.8 Å². The molecule has 0 radical (unpaired) electrons. The summed E-state index contributed by atoms with van der Waals surface area (Å²) in [4.78, 5) is 14.9. The molecule has 1 aliphatic heterocycles. The second-order valence-corrected chi connectivity index (χ2v) is 5.88. The monoisotopic (exact) mass is 298 g/mol. The Bertz CT molecular complexity index is 615. The van der Waals surface area contributed by atoms with E-state index in [0.717, 1.165) is 30.8 Å². The minimum absolute atomic E-state index is 0.0173. The second kappa shape index (κ2) is 6.79. The molecule has 3 rings (SSSR count). The molecule has 1 amide bonds. The van der Waals surface area contributed by atoms with Gasteiger partial charge in [0.15, 0.2) is 5.76 Å². The van der Waals surface area contributed by atoms with E-state index in [1.807, 2.05) is 31.2 Å². The molecular weight excluding hydrogens is 276 g/mol. The molecule has 2 aromatic rings. The maximum absolute atomic E-state index is 12.5. The third-order valence-electron chi connectivity index (χ3n) is 4.22. The molecule has 2 heterocycles. The third kappa shape index (κ3) is 3.39. The molecule has 4 heteroatoms. The van der Waals surface area contributed by atoms with E-state index in [2.05, 4.69) is 22.3 Å². The lowest BCUT2D eigenvalue weighted by Crippen LogP contribution is -2.37. The molecule has 1 atom stereocenters. The number of rotatable bonds is 5. The van der Waals surface area contributed by atoms with E-state index in [4.69, 9.17) is 4.42 Å². The van der Waals surface area contributed by atoms with E-state index >= 15 is 0 Å². The van der Waals surface area contributed by atoms with Crippen molar-refractivity contribution in [1.29, 1.82) is 0 Å². The Morgan fingerprint density at radius 2 is 1.95 bits per heavy atom. The van der Waals surface area contributed by atoms with Crippen molar-refractivity contribution >= 4 is 5.91 Å². The Balaban J connectivity index is 1.76. The number of aryl methyl sites for hydroxylation is 1. The maximum Gasteiger partial charge on any atom is 0.287 e. The van der Waals surface area contributed by atoms with Crippen LogP contribution in [0.5, 0.6) is 0 Å². The van der Waals surface area contributed by atoms with Crippen LogP contribution in [0.4, 0.5) is 0 Å². The number of likely N-dealkylation sites (tertiary alicyclic amines) is 1. The lowest BCUT2D eigenvalue weighted by Gasteiger charge is -2.24. The van der Waals surface area contributed by atoms with Crippen LogP contribution in [0, 0.1) is 6.92 Å². The van der Waals surface area contributed by atoms with Crippen LogP contribution in [0.1, 0.15) is 40.6 Å². The molecule has 1 unspecified atom stereocenters. The van der Waals surface area contributed by atoms with Gasteiger partial charge in [-0.1, -0.05) is 30.3 Å². The van der Waals surface area contributed by atoms with Gasteiger partial charge in [-0.25, -0.2) is 0 Å². The number of benzene rings is 1. The molecule has 1 fully saturated rings. The predicted octanol–water partition coefficient (Wildman–Crippen LogP) is 3.15. The van der Waals surface area contributed by atoms with Gasteiger partial charge in [-0.3, -0.25) is 4.79 Å². The number of carbonyl (C=O) groups is 1. The highest BCUT2D eigenvalue weighted by Crippen LogP contribution is 2.19. The Morgan fingerprint density at radius 3 is 2.59 bits per heavy atom. The van der Waals surface area contributed by atoms with Crippen LogP contribution in [0.3, 0.4) is 0 Å². The van der Waals surface area contributed by atoms with Gasteiger partial charge in [0.25, 0.3) is 5.91 Å². The zero-order chi connectivity index (χ0) is 15.4. The van der Waals surface area contributed by atoms with Gasteiger partial charge in [0.05, 0.1) is 12.3 Å². The SMILES string of the molecule is Cc1ccoc1C(=O)NC(CN1CCCC1)c1ccccc1. The first-order chi connectivity index (χ1) is 10.7. The van der Waals surface area contributed by atoms with E-state index in [1.54, 1.807) is 6.26 Å². The average molecular weight is 298 g/mol. The molecule has 1 saturated heterocycles. The van der Waals surface area contributed by atoms with E-state index in [9.17, 15) is 4.79 Å². The summed E-state index contributed by atoms with van der Waals surface area (Å²) in [6.45, 7) is 4.95. The molecular formula is C18H22N2O2. The normalized spacial score (nSPS) is 16.6. The first kappa shape index (κ1) is 14.9. The minimum Gasteiger partial charge on any atom is -0.459 e. The molecule has 0 bridgehead atoms. The van der Waals surface area contributed by atoms with Crippen molar-refractivity contribution in [2.75, 3.05) is 19.6 Å². The lowest BCUT2D eigenvalue weighted by atomic mass is 10.1. The second-order valence-electron chi connectivity index (χ2n) is 5.88. The maximum atomic E-state index is 12.5. The number of hydrogen-bond acceptors (Lipinski definition) is 3. The van der Waals surface area contributed by atoms with Gasteiger partial charge in [0, 0.05) is 12.1 Å². The van der Waals surface area contributed by atoms with Crippen molar-refractivity contribution in [2.45, 2.75) is 25.8 Å². The Kier molecular flexibility index (Phi) is 4.59. The number of carbonyl (C=O) groups excluding carboxylic acids is 1. The third-order valence-corrected chi connectivity index (χ3v) is 4.22. The number of nitrogens with zero attached hydrogens (tertiary/aromatic N) is 1. The average Bonchev–Trinajstić information content (AvgIpc) is 3.19. The number of amides is 1. The van der Waals surface area contributed by atoms with Crippen molar-refractivity contribution in [3.63, 3.8) is 0 Å². The number of nitrogens with one attached hydrogen (secondary N) is 1. The van der Waals surface area contributed by atoms with Crippen LogP contribution in [0.2, 0.25) is 0 Å². The number of hydrogen-bond donors (Lipinski definition) is 1. The van der Waals surface area contributed by atoms with Gasteiger partial charge in [0.1, 0.15) is 0 Å². The number of furan rings is 1. The lowest BCUT2D eigenvalue weighted by molar-refractivity contribution is 0.0898. The van der Waals surface area contributed by atoms with Crippen LogP contribution < -0.4 is 5.32 Å². The first-order valence-electron chi connectivity index (χ1n) is 7.86. The van der Waals surface area contributed by atoms with Crippen molar-refractivity contribution < 1.29 is 9.21 Å². The van der Waals surface area contributed by atoms with Gasteiger partial charge < -0.3 is 14.6 Å². The van der Waals surface area contributed by atoms with Gasteiger partial charge in [-0.05, 0) is 44.5 Å². The highest BCUT2D eigenvalue weighted by molar-refractivity contribution is 5.93. The predicted molar refractivity (Wildman–Crippen MR) is 85.8 cm³/mol. The minimum atomic E-state index is -0.143. The van der Waals surface area contributed by atoms with Crippen molar-refractivity contribution in [3.8, 4) is 0 Å². The summed E-state index contributed by atoms with van der Waals surface area (Å²) in [5.41, 5.74) is 2.00. The summed E-state index contributed by atoms with van der Waals surface area (Å²) in [6.07, 6.45) is 4.04. The highest BCUT2D eigenvalue weighted by Gasteiger charge is 2.22. The van der Waals surface area contributed by atoms with Crippen molar-refractivity contribution in [2.24, 2.45) is 0 Å². The highest BCUT2D eigenvalue weighted by atomic mass is 16.3. The van der Waals surface area contributed by atoms with Crippen LogP contribution in [0.15, 0.2) is 47.1 Å². The zero-order valence-corrected chi connectivity index (χ0v) is 12.9. The standard InChI is InChI=1S/C18H22N2O2/c1-14-9-12-22-17(14)18(21)19-16(13-20-10-5-6-11-20)15-7-3-2-4-8-15/h2-4,7-9,12,16H,5-6,10-11,13H2,1H3,(H,19,21). The quantitative estimate of drug-likeness (QED) is 0.922. The summed E-state index contributed by atoms with van der Waals surface area (Å²) in [5, 5.41) is 3.13. The summed E-state index contributed by atoms with van der Waals surface area (Å²) in [6, 6.07) is 11.9. The molecule has 1 N–H and O–H groups in total. The Labute approximate surface area is 131 Å². The smallest absolute Gasteiger partial charge is 0.287 e. The van der Waals surface area contributed by atoms with Crippen LogP contribution in [0.25, 0.3) is 0 Å². The van der Waals surface area contributed by atoms with Gasteiger partial charge in [-0.15, -0.1) is 0 Å². The summed E-state index contributed by atoms with van der Waals surface area (Å²) in [7, 11) is 0. The molecule has 0 saturated carbocycles. The van der Waals surface area contributed by atoms with E-state index in [-0.39, 0.29) is 11.9 Å². The molecule has 1 aliphatic rings. The van der Waals surface area contributed by atoms with Crippen molar-refractivity contribution in [3.05, 3.63) is 59.5 Å². The fourth-order valence-electron chi connectivity index (χ4n) is 2.97. The summed E-state index contributed by atoms with van der Waals surface area (Å²) in [5.74, 6) is 0.262. The molecule has 4 nitrogen and oxygen atoms in total. The van der Waals surface area contributed by atoms with E-state index < -0.39 is 0 Å². The first-order valence-corrected chi connectivity index (χ1v) is 7.86. The Hall–Kier alpha value is -2.07. The van der Waals surface area contributed by atoms with Crippen LogP contribution >= 0.6 is 0 Å². The van der Waals surface area contributed by atoms with Gasteiger partial charge in [-0.2, -0.15) is 0 Å². The zero-order valence-electron chi connectivity index (χ0n) is 12.9. The fraction of sp³-hybridized carbons (Fsp3) is 0.389. The summed E-state index contributed by atoms with van der Waals surface area (Å²) < 4.78 is 5.31. The summed E-state index contributed by atoms with van der Waals surface area (Å²) >= 11 is 0. The fourth-order valence-corrected chi connectivity index (χ4v) is 2.97. The molecule has 22 heavy (non-hydrogen) atoms. The van der Waals surface area contributed by atoms with Crippen molar-refractivity contribution in [1.82, 2.24) is 10.2 Å². The molecule has 0 spiro atoms. The topological polar surface area (TPSA) is 45.5 Å². The molecule has 1 aromatic heterocycles. The Morgan fingerprint density at radius 1 is 1.23 bits per heavy atom. The van der Waals surface area contributed by atoms with Gasteiger partial charge >= 0.3 is 0 Å². The molecule has 1 aromatic carbocycles. The molecule has 116 valence electrons. The molecule has 0 aliphatic carbocycles. The van der Waals surface area contributed by atoms with Crippen LogP contribution in [-0.4, -0.2) is 30.4 Å². The van der Waals surface area contributed by atoms with E-state index in [0.29, 0.717) is 5.76 Å². The largest absolute Gasteiger partial charge is 0.459 e. The van der Waals surface area contributed by atoms with Gasteiger partial charge in [0.2, 0.25) is 0 Å².